The van der Waals surface area contributed by atoms with Crippen molar-refractivity contribution in [1.29, 1.82) is 0 Å². The summed E-state index contributed by atoms with van der Waals surface area (Å²) in [5.74, 6) is 0. The maximum atomic E-state index is 5.80. The summed E-state index contributed by atoms with van der Waals surface area (Å²) in [4.78, 5) is 4.47. The zero-order chi connectivity index (χ0) is 18.2. The Bertz CT molecular complexity index is 767. The van der Waals surface area contributed by atoms with Gasteiger partial charge in [0.2, 0.25) is 0 Å². The van der Waals surface area contributed by atoms with Gasteiger partial charge in [0.1, 0.15) is 0 Å². The van der Waals surface area contributed by atoms with Gasteiger partial charge in [-0.3, -0.25) is 4.98 Å². The summed E-state index contributed by atoms with van der Waals surface area (Å²) in [5.41, 5.74) is 3.39. The molecule has 0 aliphatic rings. The molecule has 4 heteroatoms. The number of likely N-dealkylation sites (N-methyl/N-ethyl adjacent to an activating group) is 1. The Hall–Kier alpha value is -2.17. The average molecular weight is 339 g/mol. The van der Waals surface area contributed by atoms with Crippen LogP contribution in [-0.2, 0) is 4.74 Å². The van der Waals surface area contributed by atoms with Crippen molar-refractivity contribution < 1.29 is 4.74 Å². The van der Waals surface area contributed by atoms with Gasteiger partial charge in [-0.1, -0.05) is 44.2 Å². The lowest BCUT2D eigenvalue weighted by atomic mass is 10.0. The molecule has 2 heterocycles. The average Bonchev–Trinajstić information content (AvgIpc) is 3.06. The van der Waals surface area contributed by atoms with Crippen LogP contribution in [0.4, 0.5) is 0 Å². The highest BCUT2D eigenvalue weighted by atomic mass is 16.5. The lowest BCUT2D eigenvalue weighted by molar-refractivity contribution is 0.0723. The first-order valence-electron chi connectivity index (χ1n) is 8.90. The molecule has 0 bridgehead atoms. The summed E-state index contributed by atoms with van der Waals surface area (Å²) < 4.78 is 8.07. The van der Waals surface area contributed by atoms with Crippen LogP contribution in [0.15, 0.2) is 54.9 Å². The minimum Gasteiger partial charge on any atom is -0.378 e. The smallest absolute Gasteiger partial charge is 0.0943 e. The van der Waals surface area contributed by atoms with E-state index in [0.717, 1.165) is 17.8 Å². The Balaban J connectivity index is 0.00000109. The fourth-order valence-corrected chi connectivity index (χ4v) is 3.14. The molecule has 0 aliphatic carbocycles. The van der Waals surface area contributed by atoms with E-state index in [-0.39, 0.29) is 12.1 Å². The normalized spacial score (nSPS) is 13.2. The molecule has 2 atom stereocenters. The molecule has 0 aliphatic heterocycles. The topological polar surface area (TPSA) is 39.1 Å². The third-order valence-electron chi connectivity index (χ3n) is 4.24. The number of fused-ring (bicyclic) bond motifs is 1. The minimum absolute atomic E-state index is 0.0271. The number of nitrogens with zero attached hydrogens (tertiary/aromatic N) is 2. The van der Waals surface area contributed by atoms with Crippen molar-refractivity contribution in [2.45, 2.75) is 32.9 Å². The summed E-state index contributed by atoms with van der Waals surface area (Å²) in [7, 11) is 3.72. The first-order valence-corrected chi connectivity index (χ1v) is 8.90. The molecule has 1 aromatic carbocycles. The van der Waals surface area contributed by atoms with Gasteiger partial charge in [0.25, 0.3) is 0 Å². The molecule has 0 saturated carbocycles. The molecular formula is C21H29N3O. The van der Waals surface area contributed by atoms with Gasteiger partial charge in [-0.15, -0.1) is 0 Å². The van der Waals surface area contributed by atoms with Gasteiger partial charge in [-0.25, -0.2) is 0 Å². The molecule has 0 saturated heterocycles. The van der Waals surface area contributed by atoms with Crippen LogP contribution in [0.2, 0.25) is 0 Å². The molecule has 0 amide bonds. The number of ether oxygens (including phenoxy) is 1. The zero-order valence-electron chi connectivity index (χ0n) is 15.9. The molecular weight excluding hydrogens is 310 g/mol. The van der Waals surface area contributed by atoms with E-state index >= 15 is 0 Å². The second-order valence-electron chi connectivity index (χ2n) is 5.79. The van der Waals surface area contributed by atoms with Gasteiger partial charge in [0.05, 0.1) is 23.9 Å². The minimum atomic E-state index is 0.0271. The number of methoxy groups -OCH3 is 1. The predicted octanol–water partition coefficient (Wildman–Crippen LogP) is 4.19. The van der Waals surface area contributed by atoms with Crippen LogP contribution in [-0.4, -0.2) is 36.4 Å². The summed E-state index contributed by atoms with van der Waals surface area (Å²) in [6.45, 7) is 6.79. The first kappa shape index (κ1) is 19.2. The van der Waals surface area contributed by atoms with Crippen LogP contribution in [0.25, 0.3) is 10.9 Å². The predicted molar refractivity (Wildman–Crippen MR) is 105 cm³/mol. The number of hydrogen-bond acceptors (Lipinski definition) is 3. The van der Waals surface area contributed by atoms with Gasteiger partial charge in [-0.2, -0.15) is 0 Å². The number of aryl methyl sites for hydroxylation is 1. The largest absolute Gasteiger partial charge is 0.378 e. The number of rotatable bonds is 6. The second kappa shape index (κ2) is 9.35. The molecule has 3 aromatic rings. The molecule has 0 fully saturated rings. The first-order chi connectivity index (χ1) is 12.2. The SMILES string of the molecule is CC.CNC[C@@H](OC)[C@H](c1ccccc1)n1ccc2cc(C)ncc21. The Labute approximate surface area is 150 Å². The van der Waals surface area contributed by atoms with E-state index in [1.54, 1.807) is 7.11 Å². The third kappa shape index (κ3) is 4.27. The molecule has 0 unspecified atom stereocenters. The zero-order valence-corrected chi connectivity index (χ0v) is 15.9. The standard InChI is InChI=1S/C19H23N3O.C2H6/c1-14-11-16-9-10-22(17(16)12-21-14)19(18(23-3)13-20-2)15-7-5-4-6-8-15;1-2/h4-12,18-20H,13H2,1-3H3;1-2H3/t18-,19+;/m1./s1. The van der Waals surface area contributed by atoms with Gasteiger partial charge < -0.3 is 14.6 Å². The summed E-state index contributed by atoms with van der Waals surface area (Å²) >= 11 is 0. The highest BCUT2D eigenvalue weighted by Crippen LogP contribution is 2.29. The maximum absolute atomic E-state index is 5.80. The Morgan fingerprint density at radius 2 is 1.88 bits per heavy atom. The third-order valence-corrected chi connectivity index (χ3v) is 4.24. The highest BCUT2D eigenvalue weighted by Gasteiger charge is 2.25. The maximum Gasteiger partial charge on any atom is 0.0943 e. The van der Waals surface area contributed by atoms with E-state index in [4.69, 9.17) is 4.74 Å². The van der Waals surface area contributed by atoms with Crippen LogP contribution in [0.3, 0.4) is 0 Å². The molecule has 25 heavy (non-hydrogen) atoms. The Morgan fingerprint density at radius 1 is 1.16 bits per heavy atom. The van der Waals surface area contributed by atoms with Crippen molar-refractivity contribution in [1.82, 2.24) is 14.9 Å². The van der Waals surface area contributed by atoms with Crippen molar-refractivity contribution in [2.75, 3.05) is 20.7 Å². The molecule has 0 spiro atoms. The van der Waals surface area contributed by atoms with Crippen molar-refractivity contribution in [2.24, 2.45) is 0 Å². The summed E-state index contributed by atoms with van der Waals surface area (Å²) in [6.07, 6.45) is 4.11. The van der Waals surface area contributed by atoms with Crippen LogP contribution in [0.5, 0.6) is 0 Å². The van der Waals surface area contributed by atoms with Crippen molar-refractivity contribution in [3.63, 3.8) is 0 Å². The van der Waals surface area contributed by atoms with E-state index in [0.29, 0.717) is 0 Å². The van der Waals surface area contributed by atoms with Crippen molar-refractivity contribution in [3.05, 3.63) is 66.1 Å². The van der Waals surface area contributed by atoms with Crippen molar-refractivity contribution in [3.8, 4) is 0 Å². The molecule has 0 radical (unpaired) electrons. The lowest BCUT2D eigenvalue weighted by Gasteiger charge is -2.28. The van der Waals surface area contributed by atoms with Crippen LogP contribution >= 0.6 is 0 Å². The number of pyridine rings is 1. The van der Waals surface area contributed by atoms with Gasteiger partial charge in [0, 0.05) is 30.9 Å². The van der Waals surface area contributed by atoms with Gasteiger partial charge in [0.15, 0.2) is 0 Å². The summed E-state index contributed by atoms with van der Waals surface area (Å²) in [6, 6.07) is 14.8. The molecule has 1 N–H and O–H groups in total. The van der Waals surface area contributed by atoms with Gasteiger partial charge in [-0.05, 0) is 31.7 Å². The molecule has 2 aromatic heterocycles. The highest BCUT2D eigenvalue weighted by molar-refractivity contribution is 5.80. The number of nitrogens with one attached hydrogen (secondary N) is 1. The van der Waals surface area contributed by atoms with E-state index in [1.807, 2.05) is 40.1 Å². The monoisotopic (exact) mass is 339 g/mol. The quantitative estimate of drug-likeness (QED) is 0.732. The second-order valence-corrected chi connectivity index (χ2v) is 5.79. The van der Waals surface area contributed by atoms with E-state index < -0.39 is 0 Å². The molecule has 3 rings (SSSR count). The fourth-order valence-electron chi connectivity index (χ4n) is 3.14. The van der Waals surface area contributed by atoms with E-state index in [2.05, 4.69) is 57.5 Å². The molecule has 134 valence electrons. The number of hydrogen-bond donors (Lipinski definition) is 1. The van der Waals surface area contributed by atoms with E-state index in [1.165, 1.54) is 10.9 Å². The van der Waals surface area contributed by atoms with Crippen LogP contribution in [0.1, 0.15) is 31.1 Å². The lowest BCUT2D eigenvalue weighted by Crippen LogP contribution is -2.35. The number of benzene rings is 1. The van der Waals surface area contributed by atoms with E-state index in [9.17, 15) is 0 Å². The molecule has 4 nitrogen and oxygen atoms in total. The number of aromatic nitrogens is 2. The fraction of sp³-hybridized carbons (Fsp3) is 0.381. The Kier molecular flexibility index (Phi) is 7.16. The summed E-state index contributed by atoms with van der Waals surface area (Å²) in [5, 5.41) is 4.44. The van der Waals surface area contributed by atoms with Crippen LogP contribution in [0, 0.1) is 6.92 Å². The van der Waals surface area contributed by atoms with Gasteiger partial charge >= 0.3 is 0 Å². The van der Waals surface area contributed by atoms with Crippen LogP contribution < -0.4 is 5.32 Å². The van der Waals surface area contributed by atoms with Crippen molar-refractivity contribution >= 4 is 10.9 Å². The Morgan fingerprint density at radius 3 is 2.52 bits per heavy atom.